The third kappa shape index (κ3) is 7.00. The molecule has 1 aromatic heterocycles. The zero-order chi connectivity index (χ0) is 27.1. The average molecular weight is 546 g/mol. The maximum atomic E-state index is 12.1. The molecule has 2 atom stereocenters. The fraction of sp³-hybridized carbons (Fsp3) is 0.174. The van der Waals surface area contributed by atoms with Gasteiger partial charge in [0.25, 0.3) is 11.8 Å². The van der Waals surface area contributed by atoms with E-state index in [1.54, 1.807) is 43.3 Å². The van der Waals surface area contributed by atoms with E-state index in [1.807, 2.05) is 0 Å². The van der Waals surface area contributed by atoms with E-state index < -0.39 is 28.8 Å². The lowest BCUT2D eigenvalue weighted by Crippen LogP contribution is -2.40. The van der Waals surface area contributed by atoms with Gasteiger partial charge in [-0.3, -0.25) is 14.3 Å². The van der Waals surface area contributed by atoms with Gasteiger partial charge in [0.15, 0.2) is 11.0 Å². The molecule has 1 aliphatic rings. The third-order valence-electron chi connectivity index (χ3n) is 4.83. The highest BCUT2D eigenvalue weighted by molar-refractivity contribution is 7.86. The number of halogens is 1. The number of hydrazone groups is 1. The van der Waals surface area contributed by atoms with Gasteiger partial charge in [-0.05, 0) is 55.5 Å². The van der Waals surface area contributed by atoms with E-state index in [2.05, 4.69) is 19.8 Å². The summed E-state index contributed by atoms with van der Waals surface area (Å²) in [5.74, 6) is -0.362. The van der Waals surface area contributed by atoms with E-state index in [0.29, 0.717) is 38.6 Å². The molecule has 37 heavy (non-hydrogen) atoms. The number of carbonyl (C=O) groups excluding carboxylic acids is 2. The van der Waals surface area contributed by atoms with Crippen LogP contribution in [0.2, 0.25) is 5.02 Å². The number of carbonyl (C=O) groups is 2. The number of aromatic nitrogens is 2. The molecule has 3 aromatic rings. The Bertz CT molecular complexity index is 1310. The van der Waals surface area contributed by atoms with Crippen molar-refractivity contribution in [1.29, 1.82) is 0 Å². The molecule has 0 saturated carbocycles. The number of benzene rings is 2. The van der Waals surface area contributed by atoms with Gasteiger partial charge in [0.1, 0.15) is 11.9 Å². The Labute approximate surface area is 220 Å². The van der Waals surface area contributed by atoms with Gasteiger partial charge in [-0.15, -0.1) is 0 Å². The van der Waals surface area contributed by atoms with Crippen LogP contribution in [0.1, 0.15) is 17.3 Å². The monoisotopic (exact) mass is 545 g/mol. The Morgan fingerprint density at radius 1 is 1.08 bits per heavy atom. The third-order valence-corrected chi connectivity index (χ3v) is 6.18. The molecule has 0 aliphatic carbocycles. The van der Waals surface area contributed by atoms with E-state index in [1.165, 1.54) is 32.4 Å². The Morgan fingerprint density at radius 3 is 2.27 bits per heavy atom. The topological polar surface area (TPSA) is 175 Å². The zero-order valence-electron chi connectivity index (χ0n) is 20.0. The van der Waals surface area contributed by atoms with E-state index in [-0.39, 0.29) is 6.01 Å². The van der Waals surface area contributed by atoms with Gasteiger partial charge in [0, 0.05) is 22.3 Å². The van der Waals surface area contributed by atoms with E-state index in [9.17, 15) is 13.8 Å². The molecule has 5 N–H and O–H groups in total. The van der Waals surface area contributed by atoms with E-state index in [4.69, 9.17) is 32.5 Å². The number of hydrogen-bond donors (Lipinski definition) is 3. The van der Waals surface area contributed by atoms with Crippen molar-refractivity contribution < 1.29 is 23.3 Å². The van der Waals surface area contributed by atoms with Crippen LogP contribution in [0.25, 0.3) is 0 Å². The van der Waals surface area contributed by atoms with Crippen LogP contribution >= 0.6 is 11.6 Å². The Kier molecular flexibility index (Phi) is 9.11. The highest BCUT2D eigenvalue weighted by Gasteiger charge is 2.35. The Morgan fingerprint density at radius 2 is 1.73 bits per heavy atom. The molecule has 4 rings (SSSR count). The predicted molar refractivity (Wildman–Crippen MR) is 140 cm³/mol. The molecular formula is C23H24ClN7O5S. The van der Waals surface area contributed by atoms with Crippen LogP contribution in [-0.4, -0.2) is 57.0 Å². The summed E-state index contributed by atoms with van der Waals surface area (Å²) in [5, 5.41) is 5.16. The normalized spacial score (nSPS) is 15.3. The number of anilines is 2. The summed E-state index contributed by atoms with van der Waals surface area (Å²) < 4.78 is 24.8. The van der Waals surface area contributed by atoms with Crippen LogP contribution in [0.3, 0.4) is 0 Å². The number of ether oxygens (including phenoxy) is 2. The lowest BCUT2D eigenvalue weighted by atomic mass is 10.2. The lowest BCUT2D eigenvalue weighted by molar-refractivity contribution is -0.127. The van der Waals surface area contributed by atoms with Gasteiger partial charge in [0.2, 0.25) is 5.88 Å². The number of nitrogens with two attached hydrogens (primary N) is 2. The molecule has 0 saturated heterocycles. The maximum Gasteiger partial charge on any atom is 0.321 e. The first-order valence-corrected chi connectivity index (χ1v) is 12.1. The van der Waals surface area contributed by atoms with Crippen molar-refractivity contribution >= 4 is 51.6 Å². The van der Waals surface area contributed by atoms with Crippen LogP contribution in [0.5, 0.6) is 11.9 Å². The lowest BCUT2D eigenvalue weighted by Gasteiger charge is -2.10. The summed E-state index contributed by atoms with van der Waals surface area (Å²) >= 11 is 5.71. The summed E-state index contributed by atoms with van der Waals surface area (Å²) in [6, 6.07) is 13.7. The number of amides is 2. The SMILES string of the molecule is CC1=NN(C(=O)c2ccc(Cl)cc2)C(=O)C1N.COc1cc(NS(=O)c2ccc(N)cc2)nc(OC)n1. The van der Waals surface area contributed by atoms with Crippen molar-refractivity contribution in [3.8, 4) is 11.9 Å². The molecule has 2 heterocycles. The van der Waals surface area contributed by atoms with Gasteiger partial charge in [-0.1, -0.05) is 11.6 Å². The highest BCUT2D eigenvalue weighted by atomic mass is 35.5. The Hall–Kier alpha value is -4.07. The number of nitrogen functional groups attached to an aromatic ring is 1. The first-order valence-electron chi connectivity index (χ1n) is 10.6. The van der Waals surface area contributed by atoms with Crippen LogP contribution in [0.4, 0.5) is 11.5 Å². The molecule has 0 radical (unpaired) electrons. The predicted octanol–water partition coefficient (Wildman–Crippen LogP) is 2.24. The number of imide groups is 1. The molecule has 2 aromatic carbocycles. The first-order chi connectivity index (χ1) is 17.6. The number of nitrogens with zero attached hydrogens (tertiary/aromatic N) is 4. The largest absolute Gasteiger partial charge is 0.481 e. The zero-order valence-corrected chi connectivity index (χ0v) is 21.6. The second kappa shape index (κ2) is 12.3. The van der Waals surface area contributed by atoms with Gasteiger partial charge in [-0.25, -0.2) is 4.21 Å². The fourth-order valence-electron chi connectivity index (χ4n) is 2.84. The first kappa shape index (κ1) is 27.5. The van der Waals surface area contributed by atoms with Crippen molar-refractivity contribution in [1.82, 2.24) is 15.0 Å². The summed E-state index contributed by atoms with van der Waals surface area (Å²) in [7, 11) is 1.44. The minimum Gasteiger partial charge on any atom is -0.481 e. The molecule has 2 amide bonds. The van der Waals surface area contributed by atoms with Crippen molar-refractivity contribution in [2.24, 2.45) is 10.8 Å². The van der Waals surface area contributed by atoms with Crippen molar-refractivity contribution in [3.63, 3.8) is 0 Å². The van der Waals surface area contributed by atoms with Crippen LogP contribution in [0, 0.1) is 0 Å². The average Bonchev–Trinajstić information content (AvgIpc) is 3.16. The van der Waals surface area contributed by atoms with Gasteiger partial charge in [-0.2, -0.15) is 20.1 Å². The minimum absolute atomic E-state index is 0.126. The van der Waals surface area contributed by atoms with Crippen LogP contribution in [-0.2, 0) is 15.8 Å². The van der Waals surface area contributed by atoms with Gasteiger partial charge < -0.3 is 20.9 Å². The molecule has 0 bridgehead atoms. The van der Waals surface area contributed by atoms with Crippen molar-refractivity contribution in [3.05, 3.63) is 65.2 Å². The molecule has 0 fully saturated rings. The molecule has 194 valence electrons. The van der Waals surface area contributed by atoms with Crippen molar-refractivity contribution in [2.45, 2.75) is 17.9 Å². The second-order valence-electron chi connectivity index (χ2n) is 7.40. The molecular weight excluding hydrogens is 522 g/mol. The standard InChI is InChI=1S/C12H14N4O3S.C11H10ClN3O2/c1-18-11-7-10(14-12(15-11)19-2)16-20(17)9-5-3-8(13)4-6-9;1-6-9(13)11(17)15(14-6)10(16)7-2-4-8(12)5-3-7/h3-7H,13H2,1-2H3,(H,14,15,16);2-5,9H,13H2,1H3. The van der Waals surface area contributed by atoms with Crippen molar-refractivity contribution in [2.75, 3.05) is 24.7 Å². The maximum absolute atomic E-state index is 12.1. The van der Waals surface area contributed by atoms with E-state index >= 15 is 0 Å². The number of rotatable bonds is 6. The summed E-state index contributed by atoms with van der Waals surface area (Å²) in [5.41, 5.74) is 12.5. The number of nitrogens with one attached hydrogen (secondary N) is 1. The van der Waals surface area contributed by atoms with Crippen LogP contribution in [0.15, 0.2) is 64.6 Å². The summed E-state index contributed by atoms with van der Waals surface area (Å²) in [6.07, 6.45) is 0. The molecule has 1 aliphatic heterocycles. The van der Waals surface area contributed by atoms with Gasteiger partial charge in [0.05, 0.1) is 24.8 Å². The molecule has 14 heteroatoms. The fourth-order valence-corrected chi connectivity index (χ4v) is 3.76. The van der Waals surface area contributed by atoms with E-state index in [0.717, 1.165) is 5.01 Å². The highest BCUT2D eigenvalue weighted by Crippen LogP contribution is 2.19. The number of hydrogen-bond acceptors (Lipinski definition) is 10. The molecule has 2 unspecified atom stereocenters. The minimum atomic E-state index is -1.47. The van der Waals surface area contributed by atoms with Gasteiger partial charge >= 0.3 is 6.01 Å². The molecule has 12 nitrogen and oxygen atoms in total. The second-order valence-corrected chi connectivity index (χ2v) is 9.05. The smallest absolute Gasteiger partial charge is 0.321 e. The quantitative estimate of drug-likeness (QED) is 0.309. The Balaban J connectivity index is 0.000000208. The van der Waals surface area contributed by atoms with Crippen LogP contribution < -0.4 is 25.7 Å². The molecule has 0 spiro atoms. The summed E-state index contributed by atoms with van der Waals surface area (Å²) in [4.78, 5) is 32.2. The number of methoxy groups -OCH3 is 2. The summed E-state index contributed by atoms with van der Waals surface area (Å²) in [6.45, 7) is 1.61.